The van der Waals surface area contributed by atoms with Gasteiger partial charge in [0.05, 0.1) is 13.1 Å². The van der Waals surface area contributed by atoms with Crippen LogP contribution >= 0.6 is 0 Å². The van der Waals surface area contributed by atoms with Crippen molar-refractivity contribution < 1.29 is 14.5 Å². The molecule has 1 aliphatic rings. The van der Waals surface area contributed by atoms with Crippen molar-refractivity contribution in [3.8, 4) is 0 Å². The molecular weight excluding hydrogens is 242 g/mol. The van der Waals surface area contributed by atoms with E-state index in [-0.39, 0.29) is 11.7 Å². The van der Waals surface area contributed by atoms with Crippen LogP contribution in [0.3, 0.4) is 0 Å². The molecule has 0 aliphatic carbocycles. The molecule has 2 heterocycles. The number of aromatic nitrogens is 1. The number of ketones is 1. The second kappa shape index (κ2) is 5.57. The van der Waals surface area contributed by atoms with Gasteiger partial charge in [-0.2, -0.15) is 0 Å². The van der Waals surface area contributed by atoms with Crippen molar-refractivity contribution in [1.29, 1.82) is 0 Å². The maximum Gasteiger partial charge on any atom is 0.275 e. The quantitative estimate of drug-likeness (QED) is 0.708. The fourth-order valence-electron chi connectivity index (χ4n) is 2.80. The Hall–Kier alpha value is -1.62. The van der Waals surface area contributed by atoms with Crippen molar-refractivity contribution in [3.63, 3.8) is 0 Å². The van der Waals surface area contributed by atoms with Crippen LogP contribution in [-0.2, 0) is 11.3 Å². The SMILES string of the molecule is CCn1c(C)cc(C(=O)C[NH+]2CCNC(=O)C2)c1C. The van der Waals surface area contributed by atoms with Gasteiger partial charge in [0, 0.05) is 23.5 Å². The Labute approximate surface area is 113 Å². The van der Waals surface area contributed by atoms with Gasteiger partial charge in [-0.15, -0.1) is 0 Å². The van der Waals surface area contributed by atoms with Gasteiger partial charge in [-0.1, -0.05) is 0 Å². The molecule has 1 aliphatic heterocycles. The van der Waals surface area contributed by atoms with E-state index in [0.29, 0.717) is 19.6 Å². The summed E-state index contributed by atoms with van der Waals surface area (Å²) in [6.07, 6.45) is 0. The third kappa shape index (κ3) is 2.87. The molecule has 19 heavy (non-hydrogen) atoms. The zero-order valence-corrected chi connectivity index (χ0v) is 11.9. The van der Waals surface area contributed by atoms with E-state index in [0.717, 1.165) is 34.9 Å². The summed E-state index contributed by atoms with van der Waals surface area (Å²) in [5, 5.41) is 2.78. The fraction of sp³-hybridized carbons (Fsp3) is 0.571. The van der Waals surface area contributed by atoms with Crippen molar-refractivity contribution in [2.24, 2.45) is 0 Å². The molecule has 5 heteroatoms. The molecule has 1 fully saturated rings. The van der Waals surface area contributed by atoms with E-state index in [1.165, 1.54) is 0 Å². The van der Waals surface area contributed by atoms with Crippen LogP contribution in [-0.4, -0.2) is 42.4 Å². The molecule has 1 unspecified atom stereocenters. The first kappa shape index (κ1) is 13.8. The average Bonchev–Trinajstić information content (AvgIpc) is 2.64. The predicted molar refractivity (Wildman–Crippen MR) is 72.5 cm³/mol. The number of carbonyl (C=O) groups excluding carboxylic acids is 2. The molecule has 104 valence electrons. The Morgan fingerprint density at radius 2 is 2.21 bits per heavy atom. The van der Waals surface area contributed by atoms with Gasteiger partial charge < -0.3 is 14.8 Å². The van der Waals surface area contributed by atoms with Gasteiger partial charge in [-0.05, 0) is 26.8 Å². The summed E-state index contributed by atoms with van der Waals surface area (Å²) in [7, 11) is 0. The van der Waals surface area contributed by atoms with Crippen molar-refractivity contribution in [1.82, 2.24) is 9.88 Å². The lowest BCUT2D eigenvalue weighted by atomic mass is 10.1. The number of aryl methyl sites for hydroxylation is 1. The van der Waals surface area contributed by atoms with Crippen LogP contribution in [0.5, 0.6) is 0 Å². The lowest BCUT2D eigenvalue weighted by Gasteiger charge is -2.22. The Kier molecular flexibility index (Phi) is 4.04. The monoisotopic (exact) mass is 264 g/mol. The average molecular weight is 264 g/mol. The maximum atomic E-state index is 12.4. The van der Waals surface area contributed by atoms with Gasteiger partial charge in [0.25, 0.3) is 5.91 Å². The number of hydrogen-bond donors (Lipinski definition) is 2. The molecular formula is C14H22N3O2+. The summed E-state index contributed by atoms with van der Waals surface area (Å²) >= 11 is 0. The van der Waals surface area contributed by atoms with Crippen LogP contribution in [0.4, 0.5) is 0 Å². The lowest BCUT2D eigenvalue weighted by Crippen LogP contribution is -3.16. The van der Waals surface area contributed by atoms with Crippen LogP contribution in [0.1, 0.15) is 28.7 Å². The largest absolute Gasteiger partial charge is 0.349 e. The van der Waals surface area contributed by atoms with Crippen molar-refractivity contribution in [3.05, 3.63) is 23.0 Å². The standard InChI is InChI=1S/C14H21N3O2/c1-4-17-10(2)7-12(11(17)3)13(18)8-16-6-5-15-14(19)9-16/h7H,4-6,8-9H2,1-3H3,(H,15,19)/p+1. The van der Waals surface area contributed by atoms with Crippen molar-refractivity contribution in [2.75, 3.05) is 26.2 Å². The first-order valence-corrected chi connectivity index (χ1v) is 6.83. The lowest BCUT2D eigenvalue weighted by molar-refractivity contribution is -0.884. The van der Waals surface area contributed by atoms with E-state index < -0.39 is 0 Å². The van der Waals surface area contributed by atoms with E-state index in [9.17, 15) is 9.59 Å². The molecule has 0 saturated carbocycles. The summed E-state index contributed by atoms with van der Waals surface area (Å²) in [5.74, 6) is 0.172. The molecule has 0 radical (unpaired) electrons. The van der Waals surface area contributed by atoms with Gasteiger partial charge >= 0.3 is 0 Å². The number of amides is 1. The number of rotatable bonds is 4. The van der Waals surface area contributed by atoms with E-state index in [2.05, 4.69) is 16.8 Å². The highest BCUT2D eigenvalue weighted by molar-refractivity contribution is 5.98. The van der Waals surface area contributed by atoms with Crippen molar-refractivity contribution >= 4 is 11.7 Å². The highest BCUT2D eigenvalue weighted by atomic mass is 16.2. The summed E-state index contributed by atoms with van der Waals surface area (Å²) in [6, 6.07) is 1.96. The molecule has 2 rings (SSSR count). The molecule has 1 aromatic rings. The second-order valence-corrected chi connectivity index (χ2v) is 5.16. The van der Waals surface area contributed by atoms with Gasteiger partial charge in [-0.3, -0.25) is 9.59 Å². The topological polar surface area (TPSA) is 55.5 Å². The summed E-state index contributed by atoms with van der Waals surface area (Å²) in [6.45, 7) is 9.26. The predicted octanol–water partition coefficient (Wildman–Crippen LogP) is -0.678. The summed E-state index contributed by atoms with van der Waals surface area (Å²) in [4.78, 5) is 24.7. The van der Waals surface area contributed by atoms with E-state index in [1.54, 1.807) is 0 Å². The number of carbonyl (C=O) groups is 2. The molecule has 2 N–H and O–H groups in total. The molecule has 0 bridgehead atoms. The number of nitrogens with one attached hydrogen (secondary N) is 2. The third-order valence-electron chi connectivity index (χ3n) is 3.81. The van der Waals surface area contributed by atoms with Gasteiger partial charge in [0.2, 0.25) is 5.78 Å². The normalized spacial score (nSPS) is 19.3. The first-order valence-electron chi connectivity index (χ1n) is 6.83. The maximum absolute atomic E-state index is 12.4. The highest BCUT2D eigenvalue weighted by Gasteiger charge is 2.24. The van der Waals surface area contributed by atoms with Gasteiger partial charge in [-0.25, -0.2) is 0 Å². The number of piperazine rings is 1. The highest BCUT2D eigenvalue weighted by Crippen LogP contribution is 2.14. The molecule has 1 amide bonds. The number of quaternary nitrogens is 1. The zero-order chi connectivity index (χ0) is 14.0. The molecule has 1 atom stereocenters. The number of nitrogens with zero attached hydrogens (tertiary/aromatic N) is 1. The minimum absolute atomic E-state index is 0.0353. The Bertz CT molecular complexity index is 505. The first-order chi connectivity index (χ1) is 9.02. The van der Waals surface area contributed by atoms with Crippen LogP contribution in [0.15, 0.2) is 6.07 Å². The Morgan fingerprint density at radius 1 is 1.47 bits per heavy atom. The van der Waals surface area contributed by atoms with E-state index >= 15 is 0 Å². The molecule has 5 nitrogen and oxygen atoms in total. The minimum Gasteiger partial charge on any atom is -0.349 e. The van der Waals surface area contributed by atoms with E-state index in [4.69, 9.17) is 0 Å². The Morgan fingerprint density at radius 3 is 2.79 bits per heavy atom. The van der Waals surface area contributed by atoms with Gasteiger partial charge in [0.1, 0.15) is 6.54 Å². The molecule has 1 aromatic heterocycles. The molecule has 0 aromatic carbocycles. The van der Waals surface area contributed by atoms with Crippen molar-refractivity contribution in [2.45, 2.75) is 27.3 Å². The summed E-state index contributed by atoms with van der Waals surface area (Å²) < 4.78 is 2.14. The fourth-order valence-corrected chi connectivity index (χ4v) is 2.80. The molecule has 0 spiro atoms. The Balaban J connectivity index is 2.09. The second-order valence-electron chi connectivity index (χ2n) is 5.16. The van der Waals surface area contributed by atoms with Crippen LogP contribution in [0.2, 0.25) is 0 Å². The molecule has 1 saturated heterocycles. The summed E-state index contributed by atoms with van der Waals surface area (Å²) in [5.41, 5.74) is 2.96. The van der Waals surface area contributed by atoms with Gasteiger partial charge in [0.15, 0.2) is 6.54 Å². The zero-order valence-electron chi connectivity index (χ0n) is 11.9. The van der Waals surface area contributed by atoms with E-state index in [1.807, 2.05) is 19.9 Å². The van der Waals surface area contributed by atoms with Crippen LogP contribution in [0.25, 0.3) is 0 Å². The smallest absolute Gasteiger partial charge is 0.275 e. The van der Waals surface area contributed by atoms with Crippen LogP contribution in [0, 0.1) is 13.8 Å². The van der Waals surface area contributed by atoms with Crippen LogP contribution < -0.4 is 10.2 Å². The minimum atomic E-state index is 0.0353. The number of Topliss-reactive ketones (excluding diaryl/α,β-unsaturated/α-hetero) is 1. The number of hydrogen-bond acceptors (Lipinski definition) is 2. The third-order valence-corrected chi connectivity index (χ3v) is 3.81.